The van der Waals surface area contributed by atoms with Gasteiger partial charge in [0.15, 0.2) is 0 Å². The lowest BCUT2D eigenvalue weighted by Crippen LogP contribution is -2.06. The highest BCUT2D eigenvalue weighted by atomic mass is 16.5. The van der Waals surface area contributed by atoms with Crippen LogP contribution in [0.4, 0.5) is 0 Å². The van der Waals surface area contributed by atoms with Gasteiger partial charge in [-0.3, -0.25) is 0 Å². The minimum Gasteiger partial charge on any atom is -0.497 e. The molecule has 2 nitrogen and oxygen atoms in total. The first-order valence-electron chi connectivity index (χ1n) is 7.63. The maximum Gasteiger partial charge on any atom is 0.123 e. The molecule has 22 heavy (non-hydrogen) atoms. The maximum atomic E-state index is 5.82. The van der Waals surface area contributed by atoms with E-state index in [1.54, 1.807) is 6.26 Å². The minimum atomic E-state index is 0.170. The van der Waals surface area contributed by atoms with Crippen molar-refractivity contribution in [1.29, 1.82) is 0 Å². The van der Waals surface area contributed by atoms with Crippen LogP contribution in [0.1, 0.15) is 30.1 Å². The molecule has 0 aliphatic carbocycles. The van der Waals surface area contributed by atoms with Crippen LogP contribution in [0.25, 0.3) is 0 Å². The molecule has 0 radical (unpaired) electrons. The van der Waals surface area contributed by atoms with Crippen LogP contribution in [0.2, 0.25) is 0 Å². The predicted molar refractivity (Wildman–Crippen MR) is 88.0 cm³/mol. The second-order valence-electron chi connectivity index (χ2n) is 5.37. The summed E-state index contributed by atoms with van der Waals surface area (Å²) in [4.78, 5) is 0. The van der Waals surface area contributed by atoms with Crippen LogP contribution in [-0.4, -0.2) is 0 Å². The fraction of sp³-hybridized carbons (Fsp3) is 0.200. The number of ether oxygens (including phenoxy) is 2. The summed E-state index contributed by atoms with van der Waals surface area (Å²) in [6.07, 6.45) is 7.77. The molecule has 1 aliphatic rings. The van der Waals surface area contributed by atoms with Crippen LogP contribution in [0.5, 0.6) is 0 Å². The summed E-state index contributed by atoms with van der Waals surface area (Å²) in [6, 6.07) is 20.5. The second-order valence-corrected chi connectivity index (χ2v) is 5.37. The van der Waals surface area contributed by atoms with E-state index in [1.165, 1.54) is 16.7 Å². The first-order valence-corrected chi connectivity index (χ1v) is 7.63. The van der Waals surface area contributed by atoms with Crippen molar-refractivity contribution in [3.05, 3.63) is 96.0 Å². The molecule has 0 bridgehead atoms. The zero-order valence-electron chi connectivity index (χ0n) is 12.5. The van der Waals surface area contributed by atoms with Crippen LogP contribution in [-0.2, 0) is 16.1 Å². The van der Waals surface area contributed by atoms with Gasteiger partial charge in [-0.2, -0.15) is 0 Å². The molecular weight excluding hydrogens is 272 g/mol. The second kappa shape index (κ2) is 7.51. The van der Waals surface area contributed by atoms with Crippen molar-refractivity contribution in [2.75, 3.05) is 0 Å². The molecule has 1 atom stereocenters. The summed E-state index contributed by atoms with van der Waals surface area (Å²) >= 11 is 0. The monoisotopic (exact) mass is 292 g/mol. The van der Waals surface area contributed by atoms with Crippen molar-refractivity contribution in [2.24, 2.45) is 0 Å². The van der Waals surface area contributed by atoms with E-state index in [0.717, 1.165) is 12.8 Å². The van der Waals surface area contributed by atoms with Crippen LogP contribution in [0.3, 0.4) is 0 Å². The van der Waals surface area contributed by atoms with Gasteiger partial charge >= 0.3 is 0 Å². The van der Waals surface area contributed by atoms with Gasteiger partial charge in [-0.25, -0.2) is 0 Å². The Morgan fingerprint density at radius 2 is 1.73 bits per heavy atom. The van der Waals surface area contributed by atoms with Gasteiger partial charge in [0.1, 0.15) is 12.7 Å². The molecule has 0 amide bonds. The minimum absolute atomic E-state index is 0.170. The molecule has 2 heteroatoms. The van der Waals surface area contributed by atoms with E-state index >= 15 is 0 Å². The Bertz CT molecular complexity index is 629. The van der Waals surface area contributed by atoms with Crippen LogP contribution in [0, 0.1) is 0 Å². The fourth-order valence-corrected chi connectivity index (χ4v) is 2.48. The number of hydrogen-bond donors (Lipinski definition) is 0. The molecule has 0 saturated heterocycles. The highest BCUT2D eigenvalue weighted by Crippen LogP contribution is 2.29. The summed E-state index contributed by atoms with van der Waals surface area (Å²) in [5, 5.41) is 0. The van der Waals surface area contributed by atoms with E-state index in [2.05, 4.69) is 36.4 Å². The molecule has 0 aromatic heterocycles. The molecule has 0 N–H and O–H groups in total. The van der Waals surface area contributed by atoms with Gasteiger partial charge in [0.25, 0.3) is 0 Å². The Morgan fingerprint density at radius 3 is 2.41 bits per heavy atom. The average Bonchev–Trinajstić information content (AvgIpc) is 2.61. The molecule has 2 aromatic carbocycles. The van der Waals surface area contributed by atoms with E-state index in [9.17, 15) is 0 Å². The van der Waals surface area contributed by atoms with Crippen molar-refractivity contribution in [1.82, 2.24) is 0 Å². The molecular formula is C20H20O2. The molecule has 112 valence electrons. The van der Waals surface area contributed by atoms with Crippen LogP contribution in [0.15, 0.2) is 84.8 Å². The standard InChI is InChI=1S/C20H20O2/c1-3-7-17(8-4-1)15-21-14-13-18-11-12-20(22-16-18)19-9-5-2-6-10-19/h1-10,13-14,16,20H,11-12,15H2/b14-13+. The van der Waals surface area contributed by atoms with E-state index < -0.39 is 0 Å². The zero-order valence-corrected chi connectivity index (χ0v) is 12.5. The molecule has 1 aliphatic heterocycles. The first-order chi connectivity index (χ1) is 10.9. The van der Waals surface area contributed by atoms with Gasteiger partial charge in [-0.1, -0.05) is 60.7 Å². The van der Waals surface area contributed by atoms with Crippen molar-refractivity contribution in [3.8, 4) is 0 Å². The topological polar surface area (TPSA) is 18.5 Å². The van der Waals surface area contributed by atoms with Gasteiger partial charge < -0.3 is 9.47 Å². The number of hydrogen-bond acceptors (Lipinski definition) is 2. The lowest BCUT2D eigenvalue weighted by molar-refractivity contribution is 0.122. The summed E-state index contributed by atoms with van der Waals surface area (Å²) < 4.78 is 11.4. The third-order valence-electron chi connectivity index (χ3n) is 3.72. The fourth-order valence-electron chi connectivity index (χ4n) is 2.48. The molecule has 1 heterocycles. The van der Waals surface area contributed by atoms with E-state index in [-0.39, 0.29) is 6.10 Å². The first kappa shape index (κ1) is 14.5. The number of rotatable bonds is 5. The molecule has 0 saturated carbocycles. The van der Waals surface area contributed by atoms with Gasteiger partial charge in [-0.05, 0) is 35.6 Å². The lowest BCUT2D eigenvalue weighted by Gasteiger charge is -2.22. The largest absolute Gasteiger partial charge is 0.497 e. The highest BCUT2D eigenvalue weighted by Gasteiger charge is 2.15. The Hall–Kier alpha value is -2.48. The quantitative estimate of drug-likeness (QED) is 0.709. The van der Waals surface area contributed by atoms with Crippen molar-refractivity contribution in [3.63, 3.8) is 0 Å². The van der Waals surface area contributed by atoms with E-state index in [4.69, 9.17) is 9.47 Å². The SMILES string of the molecule is C1=C(/C=C/OCc2ccccc2)CCC(c2ccccc2)O1. The Morgan fingerprint density at radius 1 is 1.00 bits per heavy atom. The van der Waals surface area contributed by atoms with Gasteiger partial charge in [0.05, 0.1) is 12.5 Å². The number of allylic oxidation sites excluding steroid dienone is 2. The normalized spacial score (nSPS) is 17.8. The highest BCUT2D eigenvalue weighted by molar-refractivity contribution is 5.22. The summed E-state index contributed by atoms with van der Waals surface area (Å²) in [7, 11) is 0. The van der Waals surface area contributed by atoms with Gasteiger partial charge in [0, 0.05) is 0 Å². The zero-order chi connectivity index (χ0) is 15.0. The van der Waals surface area contributed by atoms with E-state index in [1.807, 2.05) is 36.6 Å². The van der Waals surface area contributed by atoms with Gasteiger partial charge in [-0.15, -0.1) is 0 Å². The summed E-state index contributed by atoms with van der Waals surface area (Å²) in [5.74, 6) is 0. The Labute approximate surface area is 131 Å². The molecule has 3 rings (SSSR count). The Balaban J connectivity index is 1.48. The number of benzene rings is 2. The smallest absolute Gasteiger partial charge is 0.123 e. The predicted octanol–water partition coefficient (Wildman–Crippen LogP) is 5.15. The third kappa shape index (κ3) is 4.01. The molecule has 2 aromatic rings. The molecule has 1 unspecified atom stereocenters. The van der Waals surface area contributed by atoms with E-state index in [0.29, 0.717) is 6.61 Å². The Kier molecular flexibility index (Phi) is 4.93. The van der Waals surface area contributed by atoms with Crippen molar-refractivity contribution < 1.29 is 9.47 Å². The maximum absolute atomic E-state index is 5.82. The summed E-state index contributed by atoms with van der Waals surface area (Å²) in [6.45, 7) is 0.595. The lowest BCUT2D eigenvalue weighted by atomic mass is 10.00. The van der Waals surface area contributed by atoms with Crippen molar-refractivity contribution in [2.45, 2.75) is 25.6 Å². The molecule has 0 fully saturated rings. The van der Waals surface area contributed by atoms with Crippen LogP contribution >= 0.6 is 0 Å². The van der Waals surface area contributed by atoms with Crippen molar-refractivity contribution >= 4 is 0 Å². The summed E-state index contributed by atoms with van der Waals surface area (Å²) in [5.41, 5.74) is 3.58. The average molecular weight is 292 g/mol. The third-order valence-corrected chi connectivity index (χ3v) is 3.72. The molecule has 0 spiro atoms. The van der Waals surface area contributed by atoms with Gasteiger partial charge in [0.2, 0.25) is 0 Å². The van der Waals surface area contributed by atoms with Crippen LogP contribution < -0.4 is 0 Å².